The van der Waals surface area contributed by atoms with Crippen molar-refractivity contribution in [1.29, 1.82) is 0 Å². The molecule has 1 aliphatic rings. The van der Waals surface area contributed by atoms with Gasteiger partial charge in [-0.15, -0.1) is 11.3 Å². The summed E-state index contributed by atoms with van der Waals surface area (Å²) in [6, 6.07) is 7.54. The maximum atomic E-state index is 12.0. The molecule has 4 heteroatoms. The van der Waals surface area contributed by atoms with Gasteiger partial charge in [-0.2, -0.15) is 0 Å². The van der Waals surface area contributed by atoms with Gasteiger partial charge in [0.25, 0.3) is 5.91 Å². The van der Waals surface area contributed by atoms with Gasteiger partial charge in [0.2, 0.25) is 0 Å². The zero-order chi connectivity index (χ0) is 12.5. The summed E-state index contributed by atoms with van der Waals surface area (Å²) in [4.78, 5) is 16.4. The minimum Gasteiger partial charge on any atom is -0.298 e. The maximum absolute atomic E-state index is 12.0. The van der Waals surface area contributed by atoms with E-state index in [1.54, 1.807) is 0 Å². The highest BCUT2D eigenvalue weighted by Crippen LogP contribution is 2.40. The monoisotopic (exact) mass is 258 g/mol. The highest BCUT2D eigenvalue weighted by molar-refractivity contribution is 7.14. The molecule has 2 aromatic rings. The van der Waals surface area contributed by atoms with E-state index in [2.05, 4.69) is 10.3 Å². The zero-order valence-electron chi connectivity index (χ0n) is 10.1. The molecule has 18 heavy (non-hydrogen) atoms. The van der Waals surface area contributed by atoms with E-state index in [1.165, 1.54) is 24.2 Å². The van der Waals surface area contributed by atoms with Gasteiger partial charge in [0.15, 0.2) is 5.13 Å². The van der Waals surface area contributed by atoms with E-state index in [4.69, 9.17) is 0 Å². The standard InChI is InChI=1S/C14H14N2OS/c1-9-2-4-11(5-3-9)13(17)16-14-15-12(8-18-14)10-6-7-10/h2-5,8,10H,6-7H2,1H3,(H,15,16,17). The van der Waals surface area contributed by atoms with Crippen LogP contribution in [0, 0.1) is 6.92 Å². The summed E-state index contributed by atoms with van der Waals surface area (Å²) in [6.07, 6.45) is 2.46. The van der Waals surface area contributed by atoms with E-state index in [0.717, 1.165) is 11.3 Å². The molecular formula is C14H14N2OS. The van der Waals surface area contributed by atoms with Gasteiger partial charge in [0.05, 0.1) is 5.69 Å². The number of nitrogens with one attached hydrogen (secondary N) is 1. The maximum Gasteiger partial charge on any atom is 0.257 e. The van der Waals surface area contributed by atoms with Crippen LogP contribution in [0.3, 0.4) is 0 Å². The number of hydrogen-bond acceptors (Lipinski definition) is 3. The Labute approximate surface area is 110 Å². The second-order valence-corrected chi connectivity index (χ2v) is 5.53. The fourth-order valence-electron chi connectivity index (χ4n) is 1.78. The molecule has 1 heterocycles. The molecule has 0 radical (unpaired) electrons. The lowest BCUT2D eigenvalue weighted by molar-refractivity contribution is 0.102. The van der Waals surface area contributed by atoms with Gasteiger partial charge in [-0.05, 0) is 31.9 Å². The van der Waals surface area contributed by atoms with Crippen molar-refractivity contribution in [2.75, 3.05) is 5.32 Å². The summed E-state index contributed by atoms with van der Waals surface area (Å²) in [6.45, 7) is 2.00. The number of amides is 1. The second kappa shape index (κ2) is 4.53. The molecule has 0 unspecified atom stereocenters. The SMILES string of the molecule is Cc1ccc(C(=O)Nc2nc(C3CC3)cs2)cc1. The first-order valence-electron chi connectivity index (χ1n) is 6.06. The van der Waals surface area contributed by atoms with Crippen LogP contribution in [0.1, 0.15) is 40.4 Å². The zero-order valence-corrected chi connectivity index (χ0v) is 11.0. The topological polar surface area (TPSA) is 42.0 Å². The smallest absolute Gasteiger partial charge is 0.257 e. The Morgan fingerprint density at radius 1 is 1.33 bits per heavy atom. The molecule has 3 rings (SSSR count). The number of rotatable bonds is 3. The van der Waals surface area contributed by atoms with E-state index in [-0.39, 0.29) is 5.91 Å². The van der Waals surface area contributed by atoms with Crippen LogP contribution in [0.15, 0.2) is 29.6 Å². The lowest BCUT2D eigenvalue weighted by Crippen LogP contribution is -2.11. The van der Waals surface area contributed by atoms with E-state index in [0.29, 0.717) is 16.6 Å². The molecule has 3 nitrogen and oxygen atoms in total. The van der Waals surface area contributed by atoms with Gasteiger partial charge >= 0.3 is 0 Å². The molecule has 1 aliphatic carbocycles. The molecule has 0 saturated heterocycles. The van der Waals surface area contributed by atoms with E-state index in [1.807, 2.05) is 36.6 Å². The minimum atomic E-state index is -0.0910. The van der Waals surface area contributed by atoms with Crippen molar-refractivity contribution in [3.63, 3.8) is 0 Å². The summed E-state index contributed by atoms with van der Waals surface area (Å²) in [5.74, 6) is 0.540. The third kappa shape index (κ3) is 2.43. The molecule has 0 atom stereocenters. The summed E-state index contributed by atoms with van der Waals surface area (Å²) >= 11 is 1.50. The van der Waals surface area contributed by atoms with Crippen LogP contribution in [0.5, 0.6) is 0 Å². The fourth-order valence-corrected chi connectivity index (χ4v) is 2.57. The Kier molecular flexibility index (Phi) is 2.88. The van der Waals surface area contributed by atoms with Gasteiger partial charge in [0, 0.05) is 16.9 Å². The molecule has 0 spiro atoms. The Morgan fingerprint density at radius 3 is 2.72 bits per heavy atom. The van der Waals surface area contributed by atoms with Gasteiger partial charge in [0.1, 0.15) is 0 Å². The van der Waals surface area contributed by atoms with Crippen molar-refractivity contribution in [2.24, 2.45) is 0 Å². The summed E-state index contributed by atoms with van der Waals surface area (Å²) < 4.78 is 0. The average Bonchev–Trinajstić information content (AvgIpc) is 3.11. The normalized spacial score (nSPS) is 14.5. The number of carbonyl (C=O) groups excluding carboxylic acids is 1. The summed E-state index contributed by atoms with van der Waals surface area (Å²) in [5, 5.41) is 5.59. The third-order valence-electron chi connectivity index (χ3n) is 3.05. The minimum absolute atomic E-state index is 0.0910. The molecule has 1 saturated carbocycles. The Bertz CT molecular complexity index is 570. The Morgan fingerprint density at radius 2 is 2.06 bits per heavy atom. The van der Waals surface area contributed by atoms with Crippen molar-refractivity contribution in [3.8, 4) is 0 Å². The van der Waals surface area contributed by atoms with Crippen molar-refractivity contribution in [1.82, 2.24) is 4.98 Å². The molecule has 1 N–H and O–H groups in total. The predicted molar refractivity (Wildman–Crippen MR) is 73.2 cm³/mol. The summed E-state index contributed by atoms with van der Waals surface area (Å²) in [5.41, 5.74) is 2.94. The van der Waals surface area contributed by atoms with E-state index >= 15 is 0 Å². The van der Waals surface area contributed by atoms with Crippen LogP contribution < -0.4 is 5.32 Å². The number of carbonyl (C=O) groups is 1. The lowest BCUT2D eigenvalue weighted by Gasteiger charge is -2.01. The van der Waals surface area contributed by atoms with Gasteiger partial charge in [-0.1, -0.05) is 17.7 Å². The predicted octanol–water partition coefficient (Wildman–Crippen LogP) is 3.58. The van der Waals surface area contributed by atoms with Crippen LogP contribution in [0.2, 0.25) is 0 Å². The van der Waals surface area contributed by atoms with E-state index < -0.39 is 0 Å². The van der Waals surface area contributed by atoms with Gasteiger partial charge in [-0.3, -0.25) is 10.1 Å². The molecule has 0 aliphatic heterocycles. The van der Waals surface area contributed by atoms with Crippen LogP contribution in [-0.4, -0.2) is 10.9 Å². The average molecular weight is 258 g/mol. The lowest BCUT2D eigenvalue weighted by atomic mass is 10.1. The number of nitrogens with zero attached hydrogens (tertiary/aromatic N) is 1. The number of anilines is 1. The largest absolute Gasteiger partial charge is 0.298 e. The molecule has 1 aromatic heterocycles. The molecular weight excluding hydrogens is 244 g/mol. The van der Waals surface area contributed by atoms with Crippen LogP contribution in [0.25, 0.3) is 0 Å². The van der Waals surface area contributed by atoms with Crippen LogP contribution >= 0.6 is 11.3 Å². The van der Waals surface area contributed by atoms with Gasteiger partial charge in [-0.25, -0.2) is 4.98 Å². The van der Waals surface area contributed by atoms with Gasteiger partial charge < -0.3 is 0 Å². The number of benzene rings is 1. The third-order valence-corrected chi connectivity index (χ3v) is 3.83. The fraction of sp³-hybridized carbons (Fsp3) is 0.286. The van der Waals surface area contributed by atoms with Crippen molar-refractivity contribution in [2.45, 2.75) is 25.7 Å². The Hall–Kier alpha value is -1.68. The Balaban J connectivity index is 1.70. The molecule has 1 aromatic carbocycles. The van der Waals surface area contributed by atoms with Crippen LogP contribution in [0.4, 0.5) is 5.13 Å². The number of aromatic nitrogens is 1. The first-order chi connectivity index (χ1) is 8.72. The first kappa shape index (κ1) is 11.4. The number of thiazole rings is 1. The molecule has 92 valence electrons. The summed E-state index contributed by atoms with van der Waals surface area (Å²) in [7, 11) is 0. The first-order valence-corrected chi connectivity index (χ1v) is 6.94. The second-order valence-electron chi connectivity index (χ2n) is 4.67. The quantitative estimate of drug-likeness (QED) is 0.914. The number of hydrogen-bond donors (Lipinski definition) is 1. The highest BCUT2D eigenvalue weighted by atomic mass is 32.1. The van der Waals surface area contributed by atoms with Crippen molar-refractivity contribution in [3.05, 3.63) is 46.5 Å². The van der Waals surface area contributed by atoms with Crippen molar-refractivity contribution >= 4 is 22.4 Å². The highest BCUT2D eigenvalue weighted by Gasteiger charge is 2.26. The van der Waals surface area contributed by atoms with E-state index in [9.17, 15) is 4.79 Å². The van der Waals surface area contributed by atoms with Crippen molar-refractivity contribution < 1.29 is 4.79 Å². The molecule has 1 fully saturated rings. The number of aryl methyl sites for hydroxylation is 1. The molecule has 0 bridgehead atoms. The van der Waals surface area contributed by atoms with Crippen LogP contribution in [-0.2, 0) is 0 Å². The molecule has 1 amide bonds.